The maximum Gasteiger partial charge on any atom is 0.409 e. The predicted molar refractivity (Wildman–Crippen MR) is 116 cm³/mol. The van der Waals surface area contributed by atoms with Gasteiger partial charge in [-0.25, -0.2) is 14.8 Å². The Balaban J connectivity index is 1.33. The zero-order valence-electron chi connectivity index (χ0n) is 19.2. The van der Waals surface area contributed by atoms with Crippen molar-refractivity contribution < 1.29 is 24.5 Å². The number of amides is 2. The van der Waals surface area contributed by atoms with E-state index >= 15 is 0 Å². The van der Waals surface area contributed by atoms with E-state index in [1.54, 1.807) is 0 Å². The molecule has 3 aliphatic heterocycles. The number of hydrazine groups is 1. The monoisotopic (exact) mass is 436 g/mol. The van der Waals surface area contributed by atoms with Crippen molar-refractivity contribution in [2.24, 2.45) is 5.41 Å². The first-order valence-corrected chi connectivity index (χ1v) is 11.8. The maximum absolute atomic E-state index is 12.7. The SMILES string of the molecule is BC(O)(O)N1C(=O)CC2(CCN(C3CC4(CCN(C(=O)OCC)C4)C3)CC2)N1CCC. The minimum absolute atomic E-state index is 0.186. The molecule has 2 N–H and O–H groups in total. The van der Waals surface area contributed by atoms with E-state index in [0.717, 1.165) is 64.7 Å². The van der Waals surface area contributed by atoms with Crippen molar-refractivity contribution >= 4 is 19.8 Å². The Kier molecular flexibility index (Phi) is 6.04. The van der Waals surface area contributed by atoms with Crippen LogP contribution >= 0.6 is 0 Å². The number of carbonyl (C=O) groups excluding carboxylic acids is 2. The minimum Gasteiger partial charge on any atom is -0.450 e. The molecular weight excluding hydrogens is 399 g/mol. The van der Waals surface area contributed by atoms with Crippen LogP contribution in [-0.2, 0) is 9.53 Å². The highest BCUT2D eigenvalue weighted by Gasteiger charge is 2.57. The second-order valence-corrected chi connectivity index (χ2v) is 10.2. The van der Waals surface area contributed by atoms with Crippen LogP contribution in [0.1, 0.15) is 58.8 Å². The van der Waals surface area contributed by atoms with Crippen molar-refractivity contribution in [2.45, 2.75) is 76.2 Å². The van der Waals surface area contributed by atoms with Crippen LogP contribution in [-0.4, -0.2) is 107 Å². The number of hydrogen-bond acceptors (Lipinski definition) is 7. The normalized spacial score (nSPS) is 31.6. The van der Waals surface area contributed by atoms with Crippen LogP contribution < -0.4 is 0 Å². The summed E-state index contributed by atoms with van der Waals surface area (Å²) < 4.78 is 5.16. The first kappa shape index (κ1) is 22.8. The van der Waals surface area contributed by atoms with Gasteiger partial charge in [-0.05, 0) is 50.9 Å². The highest BCUT2D eigenvalue weighted by molar-refractivity contribution is 6.14. The Bertz CT molecular complexity index is 700. The van der Waals surface area contributed by atoms with Gasteiger partial charge in [0.15, 0.2) is 0 Å². The van der Waals surface area contributed by atoms with Crippen LogP contribution in [0.3, 0.4) is 0 Å². The van der Waals surface area contributed by atoms with E-state index in [-0.39, 0.29) is 23.0 Å². The molecule has 4 aliphatic rings. The molecule has 2 spiro atoms. The lowest BCUT2D eigenvalue weighted by atomic mass is 9.64. The summed E-state index contributed by atoms with van der Waals surface area (Å²) in [6.45, 7) is 8.37. The number of rotatable bonds is 5. The number of ether oxygens (including phenoxy) is 1. The second-order valence-electron chi connectivity index (χ2n) is 10.2. The molecule has 0 aromatic carbocycles. The fourth-order valence-corrected chi connectivity index (χ4v) is 6.39. The van der Waals surface area contributed by atoms with Crippen molar-refractivity contribution in [2.75, 3.05) is 39.3 Å². The molecule has 0 aromatic heterocycles. The number of aliphatic hydroxyl groups is 2. The fourth-order valence-electron chi connectivity index (χ4n) is 6.39. The Labute approximate surface area is 185 Å². The molecule has 1 saturated carbocycles. The summed E-state index contributed by atoms with van der Waals surface area (Å²) in [6, 6.07) is 0.535. The molecule has 0 atom stereocenters. The molecule has 3 saturated heterocycles. The predicted octanol–water partition coefficient (Wildman–Crippen LogP) is -0.0797. The van der Waals surface area contributed by atoms with E-state index in [2.05, 4.69) is 4.90 Å². The van der Waals surface area contributed by atoms with Crippen LogP contribution in [0.4, 0.5) is 4.79 Å². The van der Waals surface area contributed by atoms with Crippen molar-refractivity contribution in [1.29, 1.82) is 0 Å². The topological polar surface area (TPSA) is 96.8 Å². The van der Waals surface area contributed by atoms with Crippen molar-refractivity contribution in [3.8, 4) is 0 Å². The summed E-state index contributed by atoms with van der Waals surface area (Å²) in [5, 5.41) is 23.4. The smallest absolute Gasteiger partial charge is 0.409 e. The summed E-state index contributed by atoms with van der Waals surface area (Å²) >= 11 is 0. The first-order valence-electron chi connectivity index (χ1n) is 11.8. The lowest BCUT2D eigenvalue weighted by Crippen LogP contribution is -2.63. The van der Waals surface area contributed by atoms with Crippen molar-refractivity contribution in [1.82, 2.24) is 19.8 Å². The zero-order valence-corrected chi connectivity index (χ0v) is 19.2. The third-order valence-corrected chi connectivity index (χ3v) is 7.89. The highest BCUT2D eigenvalue weighted by atomic mass is 16.6. The van der Waals surface area contributed by atoms with Crippen LogP contribution in [0, 0.1) is 5.41 Å². The summed E-state index contributed by atoms with van der Waals surface area (Å²) in [7, 11) is 1.26. The van der Waals surface area contributed by atoms with Crippen LogP contribution in [0.5, 0.6) is 0 Å². The van der Waals surface area contributed by atoms with Gasteiger partial charge >= 0.3 is 6.09 Å². The van der Waals surface area contributed by atoms with E-state index in [1.165, 1.54) is 12.9 Å². The van der Waals surface area contributed by atoms with Gasteiger partial charge in [0.05, 0.1) is 12.1 Å². The third-order valence-electron chi connectivity index (χ3n) is 7.89. The van der Waals surface area contributed by atoms with Crippen LogP contribution in [0.15, 0.2) is 0 Å². The Morgan fingerprint density at radius 2 is 1.87 bits per heavy atom. The van der Waals surface area contributed by atoms with Gasteiger partial charge < -0.3 is 24.7 Å². The van der Waals surface area contributed by atoms with E-state index < -0.39 is 5.81 Å². The molecule has 0 radical (unpaired) electrons. The molecule has 0 bridgehead atoms. The van der Waals surface area contributed by atoms with Crippen molar-refractivity contribution in [3.05, 3.63) is 0 Å². The molecule has 10 heteroatoms. The van der Waals surface area contributed by atoms with Crippen LogP contribution in [0.2, 0.25) is 0 Å². The number of hydrogen-bond donors (Lipinski definition) is 2. The molecule has 0 unspecified atom stereocenters. The number of likely N-dealkylation sites (tertiary alicyclic amines) is 2. The lowest BCUT2D eigenvalue weighted by Gasteiger charge is -2.54. The lowest BCUT2D eigenvalue weighted by molar-refractivity contribution is -0.265. The average Bonchev–Trinajstić information content (AvgIpc) is 3.22. The summed E-state index contributed by atoms with van der Waals surface area (Å²) in [5.41, 5.74) is -0.0671. The van der Waals surface area contributed by atoms with Crippen LogP contribution in [0.25, 0.3) is 0 Å². The van der Waals surface area contributed by atoms with Gasteiger partial charge in [-0.15, -0.1) is 0 Å². The minimum atomic E-state index is -2.17. The van der Waals surface area contributed by atoms with Gasteiger partial charge in [0, 0.05) is 45.2 Å². The molecule has 3 heterocycles. The molecule has 31 heavy (non-hydrogen) atoms. The number of piperidine rings is 1. The Morgan fingerprint density at radius 1 is 1.19 bits per heavy atom. The summed E-state index contributed by atoms with van der Waals surface area (Å²) in [6.07, 6.45) is 5.99. The van der Waals surface area contributed by atoms with Gasteiger partial charge in [-0.2, -0.15) is 0 Å². The van der Waals surface area contributed by atoms with Crippen molar-refractivity contribution in [3.63, 3.8) is 0 Å². The molecule has 4 fully saturated rings. The quantitative estimate of drug-likeness (QED) is 0.460. The molecule has 0 aromatic rings. The molecule has 9 nitrogen and oxygen atoms in total. The third kappa shape index (κ3) is 4.07. The summed E-state index contributed by atoms with van der Waals surface area (Å²) in [4.78, 5) is 29.1. The Hall–Kier alpha value is -1.36. The highest BCUT2D eigenvalue weighted by Crippen LogP contribution is 2.51. The molecule has 2 amide bonds. The number of nitrogens with zero attached hydrogens (tertiary/aromatic N) is 4. The van der Waals surface area contributed by atoms with E-state index in [9.17, 15) is 19.8 Å². The molecule has 174 valence electrons. The molecular formula is C21H37BN4O5. The van der Waals surface area contributed by atoms with E-state index in [0.29, 0.717) is 25.6 Å². The second kappa shape index (κ2) is 8.21. The van der Waals surface area contributed by atoms with Gasteiger partial charge in [0.25, 0.3) is 0 Å². The maximum atomic E-state index is 12.7. The van der Waals surface area contributed by atoms with E-state index in [4.69, 9.17) is 4.74 Å². The average molecular weight is 436 g/mol. The Morgan fingerprint density at radius 3 is 2.45 bits per heavy atom. The number of carbonyl (C=O) groups is 2. The van der Waals surface area contributed by atoms with E-state index in [1.807, 2.05) is 23.8 Å². The fraction of sp³-hybridized carbons (Fsp3) is 0.905. The summed E-state index contributed by atoms with van der Waals surface area (Å²) in [5.74, 6) is -2.37. The van der Waals surface area contributed by atoms with Gasteiger partial charge in [0.1, 0.15) is 0 Å². The van der Waals surface area contributed by atoms with Gasteiger partial charge in [-0.1, -0.05) is 6.92 Å². The van der Waals surface area contributed by atoms with Gasteiger partial charge in [0.2, 0.25) is 19.6 Å². The molecule has 1 aliphatic carbocycles. The zero-order chi connectivity index (χ0) is 22.4. The standard InChI is InChI=1S/C21H37BN4O5/c1-3-8-25-20(14-17(27)26(25)21(22,29)30)6-10-23(11-7-20)16-12-19(13-16)5-9-24(15-19)18(28)31-4-2/h16,29-30H,3-15,22H2,1-2H3. The molecule has 4 rings (SSSR count). The van der Waals surface area contributed by atoms with Gasteiger partial charge in [-0.3, -0.25) is 4.79 Å². The first-order chi connectivity index (χ1) is 14.6. The largest absolute Gasteiger partial charge is 0.450 e.